The van der Waals surface area contributed by atoms with Crippen LogP contribution >= 0.6 is 0 Å². The summed E-state index contributed by atoms with van der Waals surface area (Å²) in [4.78, 5) is 43.2. The van der Waals surface area contributed by atoms with Gasteiger partial charge < -0.3 is 15.0 Å². The average Bonchev–Trinajstić information content (AvgIpc) is 3.59. The lowest BCUT2D eigenvalue weighted by Gasteiger charge is -2.44. The number of carbonyl (C=O) groups is 3. The summed E-state index contributed by atoms with van der Waals surface area (Å²) in [5.74, 6) is -0.275. The van der Waals surface area contributed by atoms with Crippen molar-refractivity contribution < 1.29 is 19.1 Å². The van der Waals surface area contributed by atoms with Gasteiger partial charge in [0.2, 0.25) is 11.8 Å². The van der Waals surface area contributed by atoms with Crippen LogP contribution in [0.1, 0.15) is 47.2 Å². The van der Waals surface area contributed by atoms with Crippen LogP contribution in [0, 0.1) is 6.92 Å². The Morgan fingerprint density at radius 1 is 1.03 bits per heavy atom. The SMILES string of the molecule is Cc1cccc(C(=O)N2C(C(=O)NC3CC3)COC23CCN(C(=O)Cc2ccccc2)CC3)c1. The predicted molar refractivity (Wildman–Crippen MR) is 127 cm³/mol. The number of rotatable bonds is 5. The first kappa shape index (κ1) is 22.6. The summed E-state index contributed by atoms with van der Waals surface area (Å²) < 4.78 is 6.26. The molecule has 1 unspecified atom stereocenters. The molecule has 1 saturated carbocycles. The molecule has 1 spiro atoms. The van der Waals surface area contributed by atoms with E-state index in [-0.39, 0.29) is 30.4 Å². The molecule has 178 valence electrons. The summed E-state index contributed by atoms with van der Waals surface area (Å²) in [5, 5.41) is 3.04. The Labute approximate surface area is 200 Å². The van der Waals surface area contributed by atoms with Gasteiger partial charge in [-0.1, -0.05) is 48.0 Å². The maximum atomic E-state index is 13.7. The maximum absolute atomic E-state index is 13.7. The van der Waals surface area contributed by atoms with Crippen LogP contribution < -0.4 is 5.32 Å². The number of hydrogen-bond donors (Lipinski definition) is 1. The number of nitrogens with zero attached hydrogens (tertiary/aromatic N) is 2. The molecule has 3 amide bonds. The number of piperidine rings is 1. The van der Waals surface area contributed by atoms with E-state index in [4.69, 9.17) is 4.74 Å². The molecule has 5 rings (SSSR count). The van der Waals surface area contributed by atoms with Crippen molar-refractivity contribution in [3.8, 4) is 0 Å². The molecule has 2 heterocycles. The molecule has 34 heavy (non-hydrogen) atoms. The zero-order valence-electron chi connectivity index (χ0n) is 19.5. The van der Waals surface area contributed by atoms with Crippen LogP contribution in [0.4, 0.5) is 0 Å². The fourth-order valence-corrected chi connectivity index (χ4v) is 5.00. The molecule has 2 saturated heterocycles. The van der Waals surface area contributed by atoms with E-state index in [0.717, 1.165) is 24.0 Å². The number of amides is 3. The van der Waals surface area contributed by atoms with Crippen LogP contribution in [-0.2, 0) is 20.7 Å². The van der Waals surface area contributed by atoms with E-state index >= 15 is 0 Å². The van der Waals surface area contributed by atoms with E-state index in [1.807, 2.05) is 60.4 Å². The third kappa shape index (κ3) is 4.57. The van der Waals surface area contributed by atoms with E-state index in [0.29, 0.717) is 37.9 Å². The summed E-state index contributed by atoms with van der Waals surface area (Å²) in [6.07, 6.45) is 3.28. The fraction of sp³-hybridized carbons (Fsp3) is 0.444. The quantitative estimate of drug-likeness (QED) is 0.743. The minimum Gasteiger partial charge on any atom is -0.353 e. The monoisotopic (exact) mass is 461 g/mol. The minimum atomic E-state index is -0.879. The molecular weight excluding hydrogens is 430 g/mol. The van der Waals surface area contributed by atoms with Crippen LogP contribution in [0.3, 0.4) is 0 Å². The number of nitrogens with one attached hydrogen (secondary N) is 1. The molecule has 7 heteroatoms. The fourth-order valence-electron chi connectivity index (χ4n) is 5.00. The van der Waals surface area contributed by atoms with Gasteiger partial charge in [-0.25, -0.2) is 0 Å². The first-order valence-corrected chi connectivity index (χ1v) is 12.1. The van der Waals surface area contributed by atoms with E-state index in [2.05, 4.69) is 5.32 Å². The lowest BCUT2D eigenvalue weighted by Crippen LogP contribution is -2.60. The zero-order valence-corrected chi connectivity index (χ0v) is 19.5. The van der Waals surface area contributed by atoms with E-state index in [9.17, 15) is 14.4 Å². The topological polar surface area (TPSA) is 79.0 Å². The Morgan fingerprint density at radius 2 is 1.76 bits per heavy atom. The van der Waals surface area contributed by atoms with Crippen LogP contribution in [0.15, 0.2) is 54.6 Å². The Kier molecular flexibility index (Phi) is 6.13. The molecule has 7 nitrogen and oxygen atoms in total. The highest BCUT2D eigenvalue weighted by Crippen LogP contribution is 2.39. The molecule has 2 aromatic carbocycles. The molecule has 1 atom stereocenters. The molecular formula is C27H31N3O4. The van der Waals surface area contributed by atoms with E-state index < -0.39 is 11.8 Å². The zero-order chi connectivity index (χ0) is 23.7. The lowest BCUT2D eigenvalue weighted by molar-refractivity contribution is -0.143. The van der Waals surface area contributed by atoms with Crippen molar-refractivity contribution in [3.63, 3.8) is 0 Å². The minimum absolute atomic E-state index is 0.0682. The molecule has 2 aromatic rings. The van der Waals surface area contributed by atoms with Crippen molar-refractivity contribution in [1.29, 1.82) is 0 Å². The Bertz CT molecular complexity index is 1070. The van der Waals surface area contributed by atoms with E-state index in [1.165, 1.54) is 0 Å². The van der Waals surface area contributed by atoms with Crippen molar-refractivity contribution in [2.45, 2.75) is 56.8 Å². The summed E-state index contributed by atoms with van der Waals surface area (Å²) in [6.45, 7) is 3.09. The van der Waals surface area contributed by atoms with Crippen molar-refractivity contribution in [2.75, 3.05) is 19.7 Å². The Balaban J connectivity index is 1.34. The third-order valence-corrected chi connectivity index (χ3v) is 7.07. The summed E-state index contributed by atoms with van der Waals surface area (Å²) in [6, 6.07) is 16.7. The standard InChI is InChI=1S/C27H31N3O4/c1-19-6-5-9-21(16-19)26(33)30-23(25(32)28-22-10-11-22)18-34-27(30)12-14-29(15-13-27)24(31)17-20-7-3-2-4-8-20/h2-9,16,22-23H,10-15,17-18H2,1H3,(H,28,32). The number of ether oxygens (including phenoxy) is 1. The number of aryl methyl sites for hydroxylation is 1. The highest BCUT2D eigenvalue weighted by Gasteiger charge is 2.54. The lowest BCUT2D eigenvalue weighted by atomic mass is 9.96. The Morgan fingerprint density at radius 3 is 2.44 bits per heavy atom. The van der Waals surface area contributed by atoms with Crippen LogP contribution in [0.5, 0.6) is 0 Å². The largest absolute Gasteiger partial charge is 0.353 e. The van der Waals surface area contributed by atoms with Gasteiger partial charge in [0.1, 0.15) is 11.8 Å². The van der Waals surface area contributed by atoms with Gasteiger partial charge in [-0.3, -0.25) is 19.3 Å². The van der Waals surface area contributed by atoms with Crippen molar-refractivity contribution in [2.24, 2.45) is 0 Å². The van der Waals surface area contributed by atoms with Crippen molar-refractivity contribution >= 4 is 17.7 Å². The van der Waals surface area contributed by atoms with Gasteiger partial charge in [0.25, 0.3) is 5.91 Å². The number of likely N-dealkylation sites (tertiary alicyclic amines) is 1. The van der Waals surface area contributed by atoms with Gasteiger partial charge in [-0.05, 0) is 37.5 Å². The normalized spacial score (nSPS) is 21.5. The molecule has 1 aliphatic carbocycles. The third-order valence-electron chi connectivity index (χ3n) is 7.07. The van der Waals surface area contributed by atoms with Crippen LogP contribution in [0.2, 0.25) is 0 Å². The second-order valence-electron chi connectivity index (χ2n) is 9.64. The van der Waals surface area contributed by atoms with Crippen LogP contribution in [-0.4, -0.2) is 65.0 Å². The highest BCUT2D eigenvalue weighted by atomic mass is 16.5. The van der Waals surface area contributed by atoms with Crippen molar-refractivity contribution in [1.82, 2.24) is 15.1 Å². The summed E-state index contributed by atoms with van der Waals surface area (Å²) in [7, 11) is 0. The smallest absolute Gasteiger partial charge is 0.256 e. The summed E-state index contributed by atoms with van der Waals surface area (Å²) in [5.41, 5.74) is 1.64. The van der Waals surface area contributed by atoms with Gasteiger partial charge in [0, 0.05) is 37.5 Å². The number of carbonyl (C=O) groups excluding carboxylic acids is 3. The van der Waals surface area contributed by atoms with Gasteiger partial charge >= 0.3 is 0 Å². The second kappa shape index (κ2) is 9.22. The highest BCUT2D eigenvalue weighted by molar-refractivity contribution is 5.98. The maximum Gasteiger partial charge on any atom is 0.256 e. The molecule has 3 aliphatic rings. The first-order valence-electron chi connectivity index (χ1n) is 12.1. The van der Waals surface area contributed by atoms with Gasteiger partial charge in [0.05, 0.1) is 13.0 Å². The predicted octanol–water partition coefficient (Wildman–Crippen LogP) is 2.68. The van der Waals surface area contributed by atoms with E-state index in [1.54, 1.807) is 11.0 Å². The summed E-state index contributed by atoms with van der Waals surface area (Å²) >= 11 is 0. The number of benzene rings is 2. The molecule has 0 radical (unpaired) electrons. The van der Waals surface area contributed by atoms with Crippen molar-refractivity contribution in [3.05, 3.63) is 71.3 Å². The molecule has 0 bridgehead atoms. The average molecular weight is 462 g/mol. The second-order valence-corrected chi connectivity index (χ2v) is 9.64. The van der Waals surface area contributed by atoms with Crippen LogP contribution in [0.25, 0.3) is 0 Å². The molecule has 0 aromatic heterocycles. The Hall–Kier alpha value is -3.19. The first-order chi connectivity index (χ1) is 16.4. The molecule has 3 fully saturated rings. The molecule has 2 aliphatic heterocycles. The van der Waals surface area contributed by atoms with Gasteiger partial charge in [-0.2, -0.15) is 0 Å². The van der Waals surface area contributed by atoms with Gasteiger partial charge in [-0.15, -0.1) is 0 Å². The van der Waals surface area contributed by atoms with Gasteiger partial charge in [0.15, 0.2) is 0 Å². The molecule has 1 N–H and O–H groups in total. The number of hydrogen-bond acceptors (Lipinski definition) is 4.